The second-order valence-electron chi connectivity index (χ2n) is 4.13. The van der Waals surface area contributed by atoms with Gasteiger partial charge >= 0.3 is 0 Å². The van der Waals surface area contributed by atoms with Gasteiger partial charge in [-0.25, -0.2) is 0 Å². The van der Waals surface area contributed by atoms with E-state index in [2.05, 4.69) is 31.0 Å². The van der Waals surface area contributed by atoms with E-state index < -0.39 is 0 Å². The highest BCUT2D eigenvalue weighted by atomic mass is 15.5. The molecule has 2 N–H and O–H groups in total. The number of hydrogen-bond donors (Lipinski definition) is 1. The number of hydrogen-bond acceptors (Lipinski definition) is 3. The second-order valence-corrected chi connectivity index (χ2v) is 4.13. The molecule has 1 rings (SSSR count). The molecular weight excluding hydrogens is 164 g/mol. The van der Waals surface area contributed by atoms with Crippen molar-refractivity contribution in [1.29, 1.82) is 0 Å². The van der Waals surface area contributed by atoms with E-state index in [1.807, 2.05) is 0 Å². The fourth-order valence-corrected chi connectivity index (χ4v) is 0.998. The van der Waals surface area contributed by atoms with E-state index in [4.69, 9.17) is 5.73 Å². The van der Waals surface area contributed by atoms with Gasteiger partial charge in [0.05, 0.1) is 12.7 Å². The van der Waals surface area contributed by atoms with Gasteiger partial charge in [-0.1, -0.05) is 27.2 Å². The lowest BCUT2D eigenvalue weighted by atomic mass is 9.87. The minimum atomic E-state index is 0.363. The quantitative estimate of drug-likeness (QED) is 0.770. The fraction of sp³-hybridized carbons (Fsp3) is 0.778. The van der Waals surface area contributed by atoms with Gasteiger partial charge in [0.25, 0.3) is 0 Å². The minimum Gasteiger partial charge on any atom is -0.381 e. The number of aryl methyl sites for hydroxylation is 1. The van der Waals surface area contributed by atoms with Crippen LogP contribution in [0, 0.1) is 5.41 Å². The third kappa shape index (κ3) is 3.05. The van der Waals surface area contributed by atoms with Crippen molar-refractivity contribution < 1.29 is 0 Å². The SMILES string of the molecule is CCC(C)(C)CCn1ncc(N)n1. The van der Waals surface area contributed by atoms with Gasteiger partial charge in [0.15, 0.2) is 5.82 Å². The van der Waals surface area contributed by atoms with Crippen LogP contribution in [0.2, 0.25) is 0 Å². The summed E-state index contributed by atoms with van der Waals surface area (Å²) in [4.78, 5) is 1.66. The molecule has 74 valence electrons. The molecule has 0 aliphatic heterocycles. The molecule has 0 amide bonds. The maximum Gasteiger partial charge on any atom is 0.165 e. The molecule has 0 spiro atoms. The van der Waals surface area contributed by atoms with Crippen LogP contribution in [-0.2, 0) is 6.54 Å². The molecule has 0 fully saturated rings. The topological polar surface area (TPSA) is 56.7 Å². The Morgan fingerprint density at radius 2 is 2.23 bits per heavy atom. The maximum absolute atomic E-state index is 5.46. The van der Waals surface area contributed by atoms with Crippen LogP contribution < -0.4 is 5.73 Å². The molecule has 0 saturated carbocycles. The maximum atomic E-state index is 5.46. The van der Waals surface area contributed by atoms with Crippen molar-refractivity contribution in [3.8, 4) is 0 Å². The number of anilines is 1. The van der Waals surface area contributed by atoms with Crippen LogP contribution in [0.15, 0.2) is 6.20 Å². The average Bonchev–Trinajstić information content (AvgIpc) is 2.48. The van der Waals surface area contributed by atoms with Gasteiger partial charge in [0, 0.05) is 0 Å². The predicted octanol–water partition coefficient (Wildman–Crippen LogP) is 1.69. The summed E-state index contributed by atoms with van der Waals surface area (Å²) in [5, 5.41) is 8.07. The summed E-state index contributed by atoms with van der Waals surface area (Å²) in [5.74, 6) is 0.495. The molecule has 0 aliphatic rings. The van der Waals surface area contributed by atoms with Gasteiger partial charge in [-0.15, -0.1) is 5.10 Å². The summed E-state index contributed by atoms with van der Waals surface area (Å²) >= 11 is 0. The molecular formula is C9H18N4. The van der Waals surface area contributed by atoms with Crippen molar-refractivity contribution in [1.82, 2.24) is 15.0 Å². The van der Waals surface area contributed by atoms with E-state index in [0.29, 0.717) is 11.2 Å². The molecule has 1 aromatic rings. The number of nitrogens with zero attached hydrogens (tertiary/aromatic N) is 3. The first kappa shape index (κ1) is 10.0. The molecule has 1 aromatic heterocycles. The molecule has 4 nitrogen and oxygen atoms in total. The highest BCUT2D eigenvalue weighted by Gasteiger charge is 2.14. The Balaban J connectivity index is 2.43. The van der Waals surface area contributed by atoms with Crippen LogP contribution in [0.3, 0.4) is 0 Å². The lowest BCUT2D eigenvalue weighted by molar-refractivity contribution is 0.286. The summed E-state index contributed by atoms with van der Waals surface area (Å²) in [5.41, 5.74) is 5.82. The number of rotatable bonds is 4. The summed E-state index contributed by atoms with van der Waals surface area (Å²) in [6.45, 7) is 7.54. The Kier molecular flexibility index (Phi) is 2.90. The molecule has 0 aliphatic carbocycles. The Morgan fingerprint density at radius 3 is 2.69 bits per heavy atom. The Bertz CT molecular complexity index is 264. The first-order valence-electron chi connectivity index (χ1n) is 4.69. The van der Waals surface area contributed by atoms with E-state index in [-0.39, 0.29) is 0 Å². The monoisotopic (exact) mass is 182 g/mol. The van der Waals surface area contributed by atoms with Crippen molar-refractivity contribution in [2.45, 2.75) is 40.2 Å². The Morgan fingerprint density at radius 1 is 1.54 bits per heavy atom. The summed E-state index contributed by atoms with van der Waals surface area (Å²) in [7, 11) is 0. The van der Waals surface area contributed by atoms with Gasteiger partial charge in [-0.2, -0.15) is 9.90 Å². The van der Waals surface area contributed by atoms with Crippen molar-refractivity contribution in [3.63, 3.8) is 0 Å². The first-order chi connectivity index (χ1) is 6.03. The standard InChI is InChI=1S/C9H18N4/c1-4-9(2,3)5-6-13-11-7-8(10)12-13/h7H,4-6H2,1-3H3,(H2,10,12). The third-order valence-electron chi connectivity index (χ3n) is 2.50. The summed E-state index contributed by atoms with van der Waals surface area (Å²) in [6.07, 6.45) is 3.83. The molecule has 13 heavy (non-hydrogen) atoms. The van der Waals surface area contributed by atoms with Crippen molar-refractivity contribution in [3.05, 3.63) is 6.20 Å². The number of nitrogen functional groups attached to an aromatic ring is 1. The summed E-state index contributed by atoms with van der Waals surface area (Å²) < 4.78 is 0. The number of aromatic nitrogens is 3. The summed E-state index contributed by atoms with van der Waals surface area (Å²) in [6, 6.07) is 0. The molecule has 0 unspecified atom stereocenters. The molecule has 0 bridgehead atoms. The second kappa shape index (κ2) is 3.77. The van der Waals surface area contributed by atoms with Gasteiger partial charge in [-0.05, 0) is 11.8 Å². The smallest absolute Gasteiger partial charge is 0.165 e. The highest BCUT2D eigenvalue weighted by Crippen LogP contribution is 2.24. The van der Waals surface area contributed by atoms with Gasteiger partial charge in [0.2, 0.25) is 0 Å². The van der Waals surface area contributed by atoms with E-state index in [0.717, 1.165) is 13.0 Å². The van der Waals surface area contributed by atoms with Crippen LogP contribution in [0.25, 0.3) is 0 Å². The average molecular weight is 182 g/mol. The van der Waals surface area contributed by atoms with E-state index in [1.165, 1.54) is 6.42 Å². The lowest BCUT2D eigenvalue weighted by Gasteiger charge is -2.21. The molecule has 4 heteroatoms. The highest BCUT2D eigenvalue weighted by molar-refractivity contribution is 5.19. The van der Waals surface area contributed by atoms with E-state index in [9.17, 15) is 0 Å². The van der Waals surface area contributed by atoms with Gasteiger partial charge in [0.1, 0.15) is 0 Å². The first-order valence-corrected chi connectivity index (χ1v) is 4.69. The van der Waals surface area contributed by atoms with E-state index in [1.54, 1.807) is 11.0 Å². The van der Waals surface area contributed by atoms with Crippen LogP contribution in [0.4, 0.5) is 5.82 Å². The Hall–Kier alpha value is -1.06. The molecule has 0 radical (unpaired) electrons. The fourth-order valence-electron chi connectivity index (χ4n) is 0.998. The lowest BCUT2D eigenvalue weighted by Crippen LogP contribution is -2.15. The zero-order valence-electron chi connectivity index (χ0n) is 8.62. The predicted molar refractivity (Wildman–Crippen MR) is 53.1 cm³/mol. The van der Waals surface area contributed by atoms with E-state index >= 15 is 0 Å². The number of nitrogens with two attached hydrogens (primary N) is 1. The third-order valence-corrected chi connectivity index (χ3v) is 2.50. The van der Waals surface area contributed by atoms with Crippen LogP contribution in [0.1, 0.15) is 33.6 Å². The van der Waals surface area contributed by atoms with Crippen molar-refractivity contribution >= 4 is 5.82 Å². The molecule has 0 aromatic carbocycles. The molecule has 0 atom stereocenters. The zero-order valence-corrected chi connectivity index (χ0v) is 8.62. The Labute approximate surface area is 79.1 Å². The molecule has 0 saturated heterocycles. The zero-order chi connectivity index (χ0) is 9.90. The van der Waals surface area contributed by atoms with Gasteiger partial charge < -0.3 is 5.73 Å². The van der Waals surface area contributed by atoms with Crippen LogP contribution in [0.5, 0.6) is 0 Å². The molecule has 1 heterocycles. The van der Waals surface area contributed by atoms with Crippen LogP contribution >= 0.6 is 0 Å². The van der Waals surface area contributed by atoms with Gasteiger partial charge in [-0.3, -0.25) is 0 Å². The van der Waals surface area contributed by atoms with Crippen molar-refractivity contribution in [2.24, 2.45) is 5.41 Å². The largest absolute Gasteiger partial charge is 0.381 e. The minimum absolute atomic E-state index is 0.363. The normalized spacial score (nSPS) is 11.9. The van der Waals surface area contributed by atoms with Crippen LogP contribution in [-0.4, -0.2) is 15.0 Å². The van der Waals surface area contributed by atoms with Crippen molar-refractivity contribution in [2.75, 3.05) is 5.73 Å².